The molecule has 26 heavy (non-hydrogen) atoms. The normalized spacial score (nSPS) is 16.1. The Bertz CT molecular complexity index is 703. The first kappa shape index (κ1) is 21.1. The van der Waals surface area contributed by atoms with Crippen molar-refractivity contribution in [2.75, 3.05) is 34.4 Å². The number of rotatable bonds is 7. The molecule has 3 nitrogen and oxygen atoms in total. The van der Waals surface area contributed by atoms with Crippen LogP contribution in [0.4, 0.5) is 0 Å². The van der Waals surface area contributed by atoms with Gasteiger partial charge in [-0.25, -0.2) is 0 Å². The number of fused-ring (bicyclic) bond motifs is 1. The summed E-state index contributed by atoms with van der Waals surface area (Å²) >= 11 is 1.85. The van der Waals surface area contributed by atoms with Crippen LogP contribution in [0.2, 0.25) is 0 Å². The van der Waals surface area contributed by atoms with E-state index in [1.54, 1.807) is 14.2 Å². The zero-order valence-corrected chi connectivity index (χ0v) is 17.8. The maximum absolute atomic E-state index is 5.70. The van der Waals surface area contributed by atoms with Gasteiger partial charge in [-0.05, 0) is 74.2 Å². The molecule has 3 rings (SSSR count). The van der Waals surface area contributed by atoms with Gasteiger partial charge in [0.05, 0.1) is 14.2 Å². The fraction of sp³-hybridized carbons (Fsp3) is 0.524. The number of nitrogens with zero attached hydrogens (tertiary/aromatic N) is 1. The number of hydrogen-bond acceptors (Lipinski definition) is 4. The lowest BCUT2D eigenvalue weighted by atomic mass is 9.79. The Morgan fingerprint density at radius 3 is 2.73 bits per heavy atom. The van der Waals surface area contributed by atoms with E-state index in [4.69, 9.17) is 9.47 Å². The van der Waals surface area contributed by atoms with E-state index < -0.39 is 0 Å². The highest BCUT2D eigenvalue weighted by atomic mass is 35.5. The number of methoxy groups -OCH3 is 2. The van der Waals surface area contributed by atoms with E-state index in [2.05, 4.69) is 42.5 Å². The molecule has 1 aromatic carbocycles. The van der Waals surface area contributed by atoms with E-state index in [0.29, 0.717) is 5.92 Å². The van der Waals surface area contributed by atoms with E-state index in [-0.39, 0.29) is 12.4 Å². The number of thiophene rings is 1. The molecule has 0 N–H and O–H groups in total. The zero-order valence-electron chi connectivity index (χ0n) is 16.2. The predicted octanol–water partition coefficient (Wildman–Crippen LogP) is 5.09. The smallest absolute Gasteiger partial charge is 0.164 e. The summed E-state index contributed by atoms with van der Waals surface area (Å²) in [6, 6.07) is 6.51. The van der Waals surface area contributed by atoms with Crippen molar-refractivity contribution in [1.82, 2.24) is 4.90 Å². The van der Waals surface area contributed by atoms with Gasteiger partial charge < -0.3 is 14.4 Å². The van der Waals surface area contributed by atoms with Crippen LogP contribution < -0.4 is 9.47 Å². The highest BCUT2D eigenvalue weighted by Gasteiger charge is 2.28. The lowest BCUT2D eigenvalue weighted by molar-refractivity contribution is 0.297. The van der Waals surface area contributed by atoms with Crippen LogP contribution in [0, 0.1) is 6.92 Å². The molecule has 0 spiro atoms. The zero-order chi connectivity index (χ0) is 17.8. The molecular weight excluding hydrogens is 366 g/mol. The number of aryl methyl sites for hydroxylation is 1. The summed E-state index contributed by atoms with van der Waals surface area (Å²) in [5.41, 5.74) is 4.19. The Morgan fingerprint density at radius 1 is 1.27 bits per heavy atom. The van der Waals surface area contributed by atoms with Crippen molar-refractivity contribution in [3.8, 4) is 11.5 Å². The van der Waals surface area contributed by atoms with Crippen LogP contribution in [-0.2, 0) is 12.8 Å². The quantitative estimate of drug-likeness (QED) is 0.651. The third kappa shape index (κ3) is 4.54. The third-order valence-corrected chi connectivity index (χ3v) is 6.20. The van der Waals surface area contributed by atoms with Crippen LogP contribution in [-0.4, -0.2) is 39.3 Å². The lowest BCUT2D eigenvalue weighted by Crippen LogP contribution is -2.29. The van der Waals surface area contributed by atoms with Crippen molar-refractivity contribution in [2.24, 2.45) is 0 Å². The van der Waals surface area contributed by atoms with Crippen molar-refractivity contribution in [3.05, 3.63) is 45.1 Å². The molecule has 1 aromatic heterocycles. The SMILES string of the molecule is COc1cc(C)c2c(c1OC)CCCC2CN(C)CCc1cccs1.Cl. The number of hydrogen-bond donors (Lipinski definition) is 0. The van der Waals surface area contributed by atoms with Gasteiger partial charge >= 0.3 is 0 Å². The second kappa shape index (κ2) is 9.63. The molecule has 0 amide bonds. The van der Waals surface area contributed by atoms with Crippen molar-refractivity contribution in [3.63, 3.8) is 0 Å². The fourth-order valence-electron chi connectivity index (χ4n) is 4.12. The molecule has 5 heteroatoms. The number of ether oxygens (including phenoxy) is 2. The molecule has 1 heterocycles. The third-order valence-electron chi connectivity index (χ3n) is 5.26. The van der Waals surface area contributed by atoms with Gasteiger partial charge in [0.25, 0.3) is 0 Å². The molecule has 1 atom stereocenters. The Balaban J connectivity index is 0.00000243. The highest BCUT2D eigenvalue weighted by molar-refractivity contribution is 7.09. The Kier molecular flexibility index (Phi) is 7.81. The van der Waals surface area contributed by atoms with Crippen LogP contribution in [0.25, 0.3) is 0 Å². The van der Waals surface area contributed by atoms with Gasteiger partial charge in [0.2, 0.25) is 0 Å². The molecule has 0 saturated carbocycles. The monoisotopic (exact) mass is 395 g/mol. The highest BCUT2D eigenvalue weighted by Crippen LogP contribution is 2.44. The minimum atomic E-state index is 0. The fourth-order valence-corrected chi connectivity index (χ4v) is 4.81. The molecule has 1 aliphatic rings. The van der Waals surface area contributed by atoms with E-state index in [1.165, 1.54) is 34.4 Å². The average Bonchev–Trinajstić information content (AvgIpc) is 3.13. The molecule has 1 unspecified atom stereocenters. The first-order valence-electron chi connectivity index (χ1n) is 9.09. The van der Waals surface area contributed by atoms with Gasteiger partial charge in [-0.2, -0.15) is 0 Å². The number of benzene rings is 1. The molecule has 0 fully saturated rings. The molecular formula is C21H30ClNO2S. The van der Waals surface area contributed by atoms with E-state index in [9.17, 15) is 0 Å². The van der Waals surface area contributed by atoms with Crippen LogP contribution in [0.5, 0.6) is 11.5 Å². The van der Waals surface area contributed by atoms with E-state index >= 15 is 0 Å². The molecule has 144 valence electrons. The lowest BCUT2D eigenvalue weighted by Gasteiger charge is -2.32. The molecule has 0 aliphatic heterocycles. The first-order chi connectivity index (χ1) is 12.1. The Hall–Kier alpha value is -1.23. The summed E-state index contributed by atoms with van der Waals surface area (Å²) in [5.74, 6) is 2.39. The molecule has 0 saturated heterocycles. The minimum absolute atomic E-state index is 0. The van der Waals surface area contributed by atoms with Crippen LogP contribution in [0.1, 0.15) is 40.3 Å². The standard InChI is InChI=1S/C21H29NO2S.ClH/c1-15-13-19(23-3)21(24-4)18-9-5-7-16(20(15)18)14-22(2)11-10-17-8-6-12-25-17;/h6,8,12-13,16H,5,7,9-11,14H2,1-4H3;1H. The van der Waals surface area contributed by atoms with Gasteiger partial charge in [0.1, 0.15) is 0 Å². The Morgan fingerprint density at radius 2 is 2.08 bits per heavy atom. The van der Waals surface area contributed by atoms with Crippen LogP contribution >= 0.6 is 23.7 Å². The van der Waals surface area contributed by atoms with E-state index in [1.807, 2.05) is 11.3 Å². The maximum Gasteiger partial charge on any atom is 0.164 e. The predicted molar refractivity (Wildman–Crippen MR) is 113 cm³/mol. The minimum Gasteiger partial charge on any atom is -0.493 e. The van der Waals surface area contributed by atoms with Crippen molar-refractivity contribution in [2.45, 2.75) is 38.5 Å². The summed E-state index contributed by atoms with van der Waals surface area (Å²) in [6.45, 7) is 4.43. The van der Waals surface area contributed by atoms with Crippen molar-refractivity contribution < 1.29 is 9.47 Å². The van der Waals surface area contributed by atoms with Crippen molar-refractivity contribution >= 4 is 23.7 Å². The first-order valence-corrected chi connectivity index (χ1v) is 9.97. The number of halogens is 1. The second-order valence-electron chi connectivity index (χ2n) is 7.00. The summed E-state index contributed by atoms with van der Waals surface area (Å²) in [4.78, 5) is 3.95. The summed E-state index contributed by atoms with van der Waals surface area (Å²) in [5, 5.41) is 2.16. The molecule has 2 aromatic rings. The van der Waals surface area contributed by atoms with E-state index in [0.717, 1.165) is 37.4 Å². The topological polar surface area (TPSA) is 21.7 Å². The largest absolute Gasteiger partial charge is 0.493 e. The van der Waals surface area contributed by atoms with Gasteiger partial charge in [-0.1, -0.05) is 6.07 Å². The van der Waals surface area contributed by atoms with Crippen molar-refractivity contribution in [1.29, 1.82) is 0 Å². The maximum atomic E-state index is 5.70. The summed E-state index contributed by atoms with van der Waals surface area (Å²) < 4.78 is 11.2. The Labute approximate surface area is 167 Å². The summed E-state index contributed by atoms with van der Waals surface area (Å²) in [7, 11) is 5.73. The molecule has 0 bridgehead atoms. The van der Waals surface area contributed by atoms with Gasteiger partial charge in [0, 0.05) is 23.5 Å². The molecule has 0 radical (unpaired) electrons. The summed E-state index contributed by atoms with van der Waals surface area (Å²) in [6.07, 6.45) is 4.71. The average molecular weight is 396 g/mol. The number of likely N-dealkylation sites (N-methyl/N-ethyl adjacent to an activating group) is 1. The van der Waals surface area contributed by atoms with Gasteiger partial charge in [0.15, 0.2) is 11.5 Å². The van der Waals surface area contributed by atoms with Crippen LogP contribution in [0.3, 0.4) is 0 Å². The molecule has 1 aliphatic carbocycles. The second-order valence-corrected chi connectivity index (χ2v) is 8.03. The van der Waals surface area contributed by atoms with Gasteiger partial charge in [-0.3, -0.25) is 0 Å². The van der Waals surface area contributed by atoms with Crippen LogP contribution in [0.15, 0.2) is 23.6 Å². The van der Waals surface area contributed by atoms with Gasteiger partial charge in [-0.15, -0.1) is 23.7 Å².